The Morgan fingerprint density at radius 1 is 1.45 bits per heavy atom. The Balaban J connectivity index is 4.16. The molecule has 1 atom stereocenters. The van der Waals surface area contributed by atoms with Crippen LogP contribution in [0.4, 0.5) is 0 Å². The van der Waals surface area contributed by atoms with Crippen LogP contribution in [0.15, 0.2) is 11.6 Å². The van der Waals surface area contributed by atoms with E-state index in [-0.39, 0.29) is 6.10 Å². The lowest BCUT2D eigenvalue weighted by atomic mass is 10.1. The second kappa shape index (κ2) is 5.08. The molecule has 11 heavy (non-hydrogen) atoms. The van der Waals surface area contributed by atoms with Crippen LogP contribution in [0.25, 0.3) is 0 Å². The zero-order valence-electron chi connectivity index (χ0n) is 7.63. The maximum atomic E-state index is 10.3. The predicted octanol–water partition coefficient (Wildman–Crippen LogP) is 1.80. The average molecular weight is 156 g/mol. The lowest BCUT2D eigenvalue weighted by Gasteiger charge is -2.14. The Morgan fingerprint density at radius 3 is 2.27 bits per heavy atom. The van der Waals surface area contributed by atoms with E-state index in [0.29, 0.717) is 5.92 Å². The first-order valence-corrected chi connectivity index (χ1v) is 3.78. The van der Waals surface area contributed by atoms with E-state index in [4.69, 9.17) is 4.74 Å². The number of allylic oxidation sites excluding steroid dienone is 1. The molecule has 2 nitrogen and oxygen atoms in total. The minimum Gasteiger partial charge on any atom is -0.377 e. The minimum atomic E-state index is 0.0557. The summed E-state index contributed by atoms with van der Waals surface area (Å²) in [5.41, 5.74) is 0.727. The highest BCUT2D eigenvalue weighted by molar-refractivity contribution is 5.72. The van der Waals surface area contributed by atoms with Crippen LogP contribution in [0.5, 0.6) is 0 Å². The number of ether oxygens (including phenoxy) is 1. The van der Waals surface area contributed by atoms with E-state index in [0.717, 1.165) is 11.9 Å². The molecule has 0 N–H and O–H groups in total. The molecule has 0 rings (SSSR count). The number of rotatable bonds is 4. The third kappa shape index (κ3) is 3.94. The number of carbonyl (C=O) groups excluding carboxylic acids is 1. The highest BCUT2D eigenvalue weighted by Gasteiger charge is 2.08. The summed E-state index contributed by atoms with van der Waals surface area (Å²) >= 11 is 0. The van der Waals surface area contributed by atoms with Gasteiger partial charge in [-0.2, -0.15) is 0 Å². The van der Waals surface area contributed by atoms with Gasteiger partial charge in [-0.25, -0.2) is 0 Å². The molecule has 1 unspecified atom stereocenters. The molecule has 0 saturated heterocycles. The van der Waals surface area contributed by atoms with Crippen molar-refractivity contribution in [1.82, 2.24) is 0 Å². The van der Waals surface area contributed by atoms with Crippen molar-refractivity contribution in [2.75, 3.05) is 7.11 Å². The molecule has 0 aliphatic heterocycles. The van der Waals surface area contributed by atoms with E-state index in [9.17, 15) is 4.79 Å². The van der Waals surface area contributed by atoms with Gasteiger partial charge < -0.3 is 4.74 Å². The van der Waals surface area contributed by atoms with Crippen molar-refractivity contribution >= 4 is 6.29 Å². The second-order valence-electron chi connectivity index (χ2n) is 2.97. The van der Waals surface area contributed by atoms with Crippen molar-refractivity contribution in [3.63, 3.8) is 0 Å². The number of methoxy groups -OCH3 is 1. The van der Waals surface area contributed by atoms with Gasteiger partial charge in [-0.15, -0.1) is 0 Å². The molecule has 0 aromatic heterocycles. The number of hydrogen-bond donors (Lipinski definition) is 0. The van der Waals surface area contributed by atoms with E-state index in [2.05, 4.69) is 13.8 Å². The molecule has 2 heteroatoms. The normalized spacial score (nSPS) is 15.2. The third-order valence-electron chi connectivity index (χ3n) is 1.54. The van der Waals surface area contributed by atoms with Crippen molar-refractivity contribution in [3.8, 4) is 0 Å². The molecule has 0 saturated carbocycles. The van der Waals surface area contributed by atoms with Crippen LogP contribution in [-0.2, 0) is 9.53 Å². The van der Waals surface area contributed by atoms with Crippen LogP contribution in [0, 0.1) is 5.92 Å². The van der Waals surface area contributed by atoms with Gasteiger partial charge in [0.25, 0.3) is 0 Å². The smallest absolute Gasteiger partial charge is 0.145 e. The maximum absolute atomic E-state index is 10.3. The number of aldehydes is 1. The molecule has 0 spiro atoms. The van der Waals surface area contributed by atoms with Gasteiger partial charge in [0.15, 0.2) is 0 Å². The zero-order chi connectivity index (χ0) is 8.85. The molecule has 0 aromatic rings. The first-order chi connectivity index (χ1) is 5.11. The first-order valence-electron chi connectivity index (χ1n) is 3.78. The monoisotopic (exact) mass is 156 g/mol. The predicted molar refractivity (Wildman–Crippen MR) is 45.5 cm³/mol. The molecule has 0 fully saturated rings. The third-order valence-corrected chi connectivity index (χ3v) is 1.54. The topological polar surface area (TPSA) is 26.3 Å². The minimum absolute atomic E-state index is 0.0557. The summed E-state index contributed by atoms with van der Waals surface area (Å²) in [6.07, 6.45) is 2.74. The Kier molecular flexibility index (Phi) is 4.79. The van der Waals surface area contributed by atoms with Crippen molar-refractivity contribution in [3.05, 3.63) is 11.6 Å². The SMILES string of the molecule is COC(/C=C(/C)C=O)C(C)C. The Morgan fingerprint density at radius 2 is 2.00 bits per heavy atom. The van der Waals surface area contributed by atoms with Crippen molar-refractivity contribution < 1.29 is 9.53 Å². The molecule has 0 aliphatic rings. The summed E-state index contributed by atoms with van der Waals surface area (Å²) in [7, 11) is 1.65. The van der Waals surface area contributed by atoms with Gasteiger partial charge in [-0.3, -0.25) is 4.79 Å². The highest BCUT2D eigenvalue weighted by Crippen LogP contribution is 2.08. The van der Waals surface area contributed by atoms with E-state index < -0.39 is 0 Å². The van der Waals surface area contributed by atoms with Crippen LogP contribution < -0.4 is 0 Å². The fraction of sp³-hybridized carbons (Fsp3) is 0.667. The molecule has 0 heterocycles. The van der Waals surface area contributed by atoms with Gasteiger partial charge in [-0.05, 0) is 24.5 Å². The molecule has 0 bridgehead atoms. The fourth-order valence-electron chi connectivity index (χ4n) is 0.831. The van der Waals surface area contributed by atoms with Gasteiger partial charge in [0, 0.05) is 7.11 Å². The fourth-order valence-corrected chi connectivity index (χ4v) is 0.831. The van der Waals surface area contributed by atoms with Gasteiger partial charge in [-0.1, -0.05) is 13.8 Å². The summed E-state index contributed by atoms with van der Waals surface area (Å²) in [5, 5.41) is 0. The number of hydrogen-bond acceptors (Lipinski definition) is 2. The lowest BCUT2D eigenvalue weighted by Crippen LogP contribution is -2.15. The summed E-state index contributed by atoms with van der Waals surface area (Å²) in [6.45, 7) is 5.90. The highest BCUT2D eigenvalue weighted by atomic mass is 16.5. The Bertz CT molecular complexity index is 148. The summed E-state index contributed by atoms with van der Waals surface area (Å²) in [6, 6.07) is 0. The molecule has 64 valence electrons. The average Bonchev–Trinajstić information content (AvgIpc) is 1.99. The zero-order valence-corrected chi connectivity index (χ0v) is 7.63. The molecule has 0 radical (unpaired) electrons. The molecular weight excluding hydrogens is 140 g/mol. The summed E-state index contributed by atoms with van der Waals surface area (Å²) in [4.78, 5) is 10.3. The van der Waals surface area contributed by atoms with Crippen LogP contribution in [0.1, 0.15) is 20.8 Å². The van der Waals surface area contributed by atoms with Crippen molar-refractivity contribution in [2.24, 2.45) is 5.92 Å². The first kappa shape index (κ1) is 10.4. The standard InChI is InChI=1S/C9H16O2/c1-7(2)9(11-4)5-8(3)6-10/h5-7,9H,1-4H3/b8-5-. The quantitative estimate of drug-likeness (QED) is 0.458. The van der Waals surface area contributed by atoms with Gasteiger partial charge >= 0.3 is 0 Å². The molecule has 0 amide bonds. The van der Waals surface area contributed by atoms with Gasteiger partial charge in [0.05, 0.1) is 6.10 Å². The molecule has 0 aliphatic carbocycles. The Labute approximate surface area is 68.2 Å². The van der Waals surface area contributed by atoms with E-state index in [1.807, 2.05) is 6.08 Å². The largest absolute Gasteiger partial charge is 0.377 e. The van der Waals surface area contributed by atoms with Crippen LogP contribution >= 0.6 is 0 Å². The maximum Gasteiger partial charge on any atom is 0.145 e. The van der Waals surface area contributed by atoms with E-state index >= 15 is 0 Å². The van der Waals surface area contributed by atoms with E-state index in [1.54, 1.807) is 14.0 Å². The molecular formula is C9H16O2. The Hall–Kier alpha value is -0.630. The van der Waals surface area contributed by atoms with Gasteiger partial charge in [0.1, 0.15) is 6.29 Å². The van der Waals surface area contributed by atoms with Gasteiger partial charge in [0.2, 0.25) is 0 Å². The van der Waals surface area contributed by atoms with Crippen LogP contribution in [-0.4, -0.2) is 19.5 Å². The van der Waals surface area contributed by atoms with Crippen molar-refractivity contribution in [1.29, 1.82) is 0 Å². The molecule has 0 aromatic carbocycles. The summed E-state index contributed by atoms with van der Waals surface area (Å²) < 4.78 is 5.15. The van der Waals surface area contributed by atoms with Crippen LogP contribution in [0.2, 0.25) is 0 Å². The second-order valence-corrected chi connectivity index (χ2v) is 2.97. The van der Waals surface area contributed by atoms with Crippen molar-refractivity contribution in [2.45, 2.75) is 26.9 Å². The van der Waals surface area contributed by atoms with Crippen LogP contribution in [0.3, 0.4) is 0 Å². The lowest BCUT2D eigenvalue weighted by molar-refractivity contribution is -0.104. The summed E-state index contributed by atoms with van der Waals surface area (Å²) in [5.74, 6) is 0.412. The van der Waals surface area contributed by atoms with E-state index in [1.165, 1.54) is 0 Å². The number of carbonyl (C=O) groups is 1.